The molecule has 0 bridgehead atoms. The van der Waals surface area contributed by atoms with Crippen molar-refractivity contribution in [3.05, 3.63) is 29.7 Å². The Morgan fingerprint density at radius 2 is 2.39 bits per heavy atom. The summed E-state index contributed by atoms with van der Waals surface area (Å²) < 4.78 is 11.2. The Kier molecular flexibility index (Phi) is 3.30. The molecule has 2 aromatic rings. The van der Waals surface area contributed by atoms with Gasteiger partial charge in [0.15, 0.2) is 5.58 Å². The van der Waals surface area contributed by atoms with E-state index in [2.05, 4.69) is 23.3 Å². The molecule has 4 heteroatoms. The molecule has 96 valence electrons. The number of oxazole rings is 1. The van der Waals surface area contributed by atoms with E-state index >= 15 is 0 Å². The SMILES string of the molecule is Cc1cccc2oc(CN[C@@H]3CCCOC3)nc12. The summed E-state index contributed by atoms with van der Waals surface area (Å²) in [7, 11) is 0. The fourth-order valence-electron chi connectivity index (χ4n) is 2.34. The maximum Gasteiger partial charge on any atom is 0.209 e. The molecule has 0 aliphatic carbocycles. The number of nitrogens with zero attached hydrogens (tertiary/aromatic N) is 1. The van der Waals surface area contributed by atoms with Gasteiger partial charge in [-0.1, -0.05) is 12.1 Å². The van der Waals surface area contributed by atoms with Crippen molar-refractivity contribution in [2.24, 2.45) is 0 Å². The lowest BCUT2D eigenvalue weighted by atomic mass is 10.1. The number of benzene rings is 1. The van der Waals surface area contributed by atoms with Gasteiger partial charge < -0.3 is 14.5 Å². The van der Waals surface area contributed by atoms with Crippen LogP contribution in [-0.4, -0.2) is 24.2 Å². The van der Waals surface area contributed by atoms with E-state index in [0.29, 0.717) is 12.6 Å². The van der Waals surface area contributed by atoms with E-state index in [1.807, 2.05) is 12.1 Å². The van der Waals surface area contributed by atoms with Crippen molar-refractivity contribution < 1.29 is 9.15 Å². The van der Waals surface area contributed by atoms with Crippen LogP contribution >= 0.6 is 0 Å². The average molecular weight is 246 g/mol. The molecule has 18 heavy (non-hydrogen) atoms. The largest absolute Gasteiger partial charge is 0.439 e. The molecule has 1 aliphatic rings. The van der Waals surface area contributed by atoms with Gasteiger partial charge in [-0.05, 0) is 31.4 Å². The quantitative estimate of drug-likeness (QED) is 0.903. The minimum Gasteiger partial charge on any atom is -0.439 e. The summed E-state index contributed by atoms with van der Waals surface area (Å²) in [4.78, 5) is 4.53. The molecular formula is C14H18N2O2. The van der Waals surface area contributed by atoms with Crippen LogP contribution < -0.4 is 5.32 Å². The Hall–Kier alpha value is -1.39. The molecule has 1 N–H and O–H groups in total. The molecule has 0 radical (unpaired) electrons. The summed E-state index contributed by atoms with van der Waals surface area (Å²) in [6.45, 7) is 4.40. The molecule has 4 nitrogen and oxygen atoms in total. The topological polar surface area (TPSA) is 47.3 Å². The molecule has 0 saturated carbocycles. The second-order valence-corrected chi connectivity index (χ2v) is 4.82. The lowest BCUT2D eigenvalue weighted by Gasteiger charge is -2.22. The molecule has 2 heterocycles. The molecule has 1 fully saturated rings. The summed E-state index contributed by atoms with van der Waals surface area (Å²) in [5.74, 6) is 0.755. The summed E-state index contributed by atoms with van der Waals surface area (Å²) in [6.07, 6.45) is 2.30. The fraction of sp³-hybridized carbons (Fsp3) is 0.500. The predicted octanol–water partition coefficient (Wildman–Crippen LogP) is 2.40. The van der Waals surface area contributed by atoms with Crippen molar-refractivity contribution in [3.8, 4) is 0 Å². The van der Waals surface area contributed by atoms with Gasteiger partial charge in [0.05, 0.1) is 13.2 Å². The number of para-hydroxylation sites is 1. The van der Waals surface area contributed by atoms with Crippen LogP contribution in [0.2, 0.25) is 0 Å². The van der Waals surface area contributed by atoms with Crippen molar-refractivity contribution in [2.45, 2.75) is 32.4 Å². The molecule has 1 aromatic heterocycles. The fourth-order valence-corrected chi connectivity index (χ4v) is 2.34. The lowest BCUT2D eigenvalue weighted by Crippen LogP contribution is -2.36. The minimum atomic E-state index is 0.426. The van der Waals surface area contributed by atoms with Crippen LogP contribution in [-0.2, 0) is 11.3 Å². The molecule has 1 atom stereocenters. The molecule has 3 rings (SSSR count). The minimum absolute atomic E-state index is 0.426. The average Bonchev–Trinajstić information content (AvgIpc) is 2.82. The van der Waals surface area contributed by atoms with Gasteiger partial charge in [0.2, 0.25) is 5.89 Å². The number of nitrogens with one attached hydrogen (secondary N) is 1. The standard InChI is InChI=1S/C14H18N2O2/c1-10-4-2-6-12-14(10)16-13(18-12)8-15-11-5-3-7-17-9-11/h2,4,6,11,15H,3,5,7-9H2,1H3/t11-/m1/s1. The Balaban J connectivity index is 1.69. The number of fused-ring (bicyclic) bond motifs is 1. The summed E-state index contributed by atoms with van der Waals surface area (Å²) >= 11 is 0. The summed E-state index contributed by atoms with van der Waals surface area (Å²) in [5, 5.41) is 3.44. The zero-order chi connectivity index (χ0) is 12.4. The van der Waals surface area contributed by atoms with Crippen molar-refractivity contribution in [1.82, 2.24) is 10.3 Å². The van der Waals surface area contributed by atoms with E-state index in [1.165, 1.54) is 6.42 Å². The Morgan fingerprint density at radius 3 is 3.17 bits per heavy atom. The molecule has 1 aliphatic heterocycles. The van der Waals surface area contributed by atoms with Crippen LogP contribution in [0.25, 0.3) is 11.1 Å². The first-order valence-corrected chi connectivity index (χ1v) is 6.49. The third-order valence-electron chi connectivity index (χ3n) is 3.37. The van der Waals surface area contributed by atoms with Crippen LogP contribution in [0.5, 0.6) is 0 Å². The molecule has 1 saturated heterocycles. The van der Waals surface area contributed by atoms with E-state index in [1.54, 1.807) is 0 Å². The number of ether oxygens (including phenoxy) is 1. The van der Waals surface area contributed by atoms with E-state index in [0.717, 1.165) is 42.2 Å². The van der Waals surface area contributed by atoms with Gasteiger partial charge in [0, 0.05) is 12.6 Å². The number of aryl methyl sites for hydroxylation is 1. The van der Waals surface area contributed by atoms with Crippen molar-refractivity contribution in [3.63, 3.8) is 0 Å². The Morgan fingerprint density at radius 1 is 1.44 bits per heavy atom. The van der Waals surface area contributed by atoms with Crippen LogP contribution in [0, 0.1) is 6.92 Å². The summed E-state index contributed by atoms with van der Waals surface area (Å²) in [6, 6.07) is 6.43. The van der Waals surface area contributed by atoms with Crippen LogP contribution in [0.15, 0.2) is 22.6 Å². The highest BCUT2D eigenvalue weighted by molar-refractivity contribution is 5.76. The molecular weight excluding hydrogens is 228 g/mol. The number of hydrogen-bond acceptors (Lipinski definition) is 4. The van der Waals surface area contributed by atoms with Gasteiger partial charge in [-0.3, -0.25) is 0 Å². The summed E-state index contributed by atoms with van der Waals surface area (Å²) in [5.41, 5.74) is 2.99. The van der Waals surface area contributed by atoms with Crippen LogP contribution in [0.4, 0.5) is 0 Å². The zero-order valence-electron chi connectivity index (χ0n) is 10.6. The highest BCUT2D eigenvalue weighted by atomic mass is 16.5. The van der Waals surface area contributed by atoms with Crippen molar-refractivity contribution in [2.75, 3.05) is 13.2 Å². The highest BCUT2D eigenvalue weighted by Gasteiger charge is 2.14. The van der Waals surface area contributed by atoms with Gasteiger partial charge in [-0.15, -0.1) is 0 Å². The lowest BCUT2D eigenvalue weighted by molar-refractivity contribution is 0.0692. The Labute approximate surface area is 106 Å². The maximum atomic E-state index is 5.73. The highest BCUT2D eigenvalue weighted by Crippen LogP contribution is 2.19. The smallest absolute Gasteiger partial charge is 0.209 e. The first-order chi connectivity index (χ1) is 8.83. The normalized spacial score (nSPS) is 20.4. The van der Waals surface area contributed by atoms with Gasteiger partial charge in [0.25, 0.3) is 0 Å². The van der Waals surface area contributed by atoms with E-state index in [4.69, 9.17) is 9.15 Å². The van der Waals surface area contributed by atoms with Crippen molar-refractivity contribution >= 4 is 11.1 Å². The van der Waals surface area contributed by atoms with Crippen LogP contribution in [0.1, 0.15) is 24.3 Å². The van der Waals surface area contributed by atoms with Crippen molar-refractivity contribution in [1.29, 1.82) is 0 Å². The van der Waals surface area contributed by atoms with Crippen LogP contribution in [0.3, 0.4) is 0 Å². The molecule has 1 aromatic carbocycles. The van der Waals surface area contributed by atoms with Gasteiger partial charge >= 0.3 is 0 Å². The van der Waals surface area contributed by atoms with Gasteiger partial charge in [-0.2, -0.15) is 0 Å². The molecule has 0 amide bonds. The van der Waals surface area contributed by atoms with E-state index < -0.39 is 0 Å². The van der Waals surface area contributed by atoms with Gasteiger partial charge in [0.1, 0.15) is 5.52 Å². The third-order valence-corrected chi connectivity index (χ3v) is 3.37. The Bertz CT molecular complexity index is 530. The second-order valence-electron chi connectivity index (χ2n) is 4.82. The van der Waals surface area contributed by atoms with E-state index in [-0.39, 0.29) is 0 Å². The number of hydrogen-bond donors (Lipinski definition) is 1. The van der Waals surface area contributed by atoms with Gasteiger partial charge in [-0.25, -0.2) is 4.98 Å². The molecule has 0 unspecified atom stereocenters. The zero-order valence-corrected chi connectivity index (χ0v) is 10.6. The second kappa shape index (κ2) is 5.08. The third kappa shape index (κ3) is 2.40. The maximum absolute atomic E-state index is 5.73. The first-order valence-electron chi connectivity index (χ1n) is 6.49. The number of aromatic nitrogens is 1. The molecule has 0 spiro atoms. The van der Waals surface area contributed by atoms with E-state index in [9.17, 15) is 0 Å². The number of rotatable bonds is 3. The predicted molar refractivity (Wildman–Crippen MR) is 69.4 cm³/mol. The monoisotopic (exact) mass is 246 g/mol. The first kappa shape index (κ1) is 11.7.